The van der Waals surface area contributed by atoms with E-state index in [9.17, 15) is 48.3 Å². The van der Waals surface area contributed by atoms with Gasteiger partial charge in [-0.3, -0.25) is 9.48 Å². The second-order valence-electron chi connectivity index (χ2n) is 9.24. The van der Waals surface area contributed by atoms with Gasteiger partial charge in [0.05, 0.1) is 21.8 Å². The molecule has 1 atom stereocenters. The van der Waals surface area contributed by atoms with Gasteiger partial charge in [-0.05, 0) is 40.0 Å². The summed E-state index contributed by atoms with van der Waals surface area (Å²) in [4.78, 5) is 20.6. The number of nitrogens with one attached hydrogen (secondary N) is 1. The number of sulfone groups is 1. The fraction of sp³-hybridized carbons (Fsp3) is 0.391. The molecule has 0 aliphatic heterocycles. The number of fused-ring (bicyclic) bond motifs is 1. The minimum absolute atomic E-state index is 0.0229. The molecule has 2 heterocycles. The van der Waals surface area contributed by atoms with Gasteiger partial charge in [0, 0.05) is 31.4 Å². The lowest BCUT2D eigenvalue weighted by Crippen LogP contribution is -2.37. The molecule has 3 aromatic rings. The average Bonchev–Trinajstić information content (AvgIpc) is 3.22. The number of hydrogen-bond donors (Lipinski definition) is 1. The number of aromatic nitrogens is 4. The molecule has 0 saturated heterocycles. The van der Waals surface area contributed by atoms with Crippen LogP contribution >= 0.6 is 15.9 Å². The summed E-state index contributed by atoms with van der Waals surface area (Å²) in [6.45, 7) is -1.24. The molecule has 41 heavy (non-hydrogen) atoms. The molecule has 0 spiro atoms. The highest BCUT2D eigenvalue weighted by Crippen LogP contribution is 2.52. The summed E-state index contributed by atoms with van der Waals surface area (Å²) in [7, 11) is -3.99. The van der Waals surface area contributed by atoms with E-state index in [1.54, 1.807) is 0 Å². The fourth-order valence-corrected chi connectivity index (χ4v) is 5.36. The van der Waals surface area contributed by atoms with E-state index >= 15 is 0 Å². The summed E-state index contributed by atoms with van der Waals surface area (Å²) in [6.07, 6.45) is -5.10. The molecular formula is C23H18BrF8N5O3S. The van der Waals surface area contributed by atoms with Crippen molar-refractivity contribution in [2.24, 2.45) is 0 Å². The van der Waals surface area contributed by atoms with Crippen LogP contribution in [0.4, 0.5) is 35.1 Å². The minimum Gasteiger partial charge on any atom is -0.346 e. The van der Waals surface area contributed by atoms with Crippen LogP contribution in [0, 0.1) is 11.6 Å². The standard InChI is InChI=1S/C23H18BrF8N5O3S/c1-41(39,40)21-33-8-13(24)17(35-21)14(6-10-4-11(25)7-12(26)5-10)34-15(38)9-37-19-16(18(36-37)20(27)28)22(29,30)2-3-23(19,31)32/h4-5,7-8,14,20H,2-3,6,9H2,1H3,(H,34,38)/t14-/m0/s1. The Balaban J connectivity index is 1.75. The van der Waals surface area contributed by atoms with Crippen molar-refractivity contribution in [2.45, 2.75) is 55.3 Å². The van der Waals surface area contributed by atoms with E-state index in [-0.39, 0.29) is 20.4 Å². The van der Waals surface area contributed by atoms with E-state index in [0.717, 1.165) is 24.6 Å². The summed E-state index contributed by atoms with van der Waals surface area (Å²) < 4.78 is 137. The number of benzene rings is 1. The third kappa shape index (κ3) is 6.52. The van der Waals surface area contributed by atoms with E-state index < -0.39 is 99.6 Å². The molecule has 18 heteroatoms. The lowest BCUT2D eigenvalue weighted by Gasteiger charge is -2.29. The van der Waals surface area contributed by atoms with Crippen LogP contribution in [0.5, 0.6) is 0 Å². The Morgan fingerprint density at radius 2 is 1.68 bits per heavy atom. The number of hydrogen-bond acceptors (Lipinski definition) is 6. The Hall–Kier alpha value is -3.15. The summed E-state index contributed by atoms with van der Waals surface area (Å²) >= 11 is 3.09. The number of nitrogens with zero attached hydrogens (tertiary/aromatic N) is 4. The van der Waals surface area contributed by atoms with Gasteiger partial charge in [-0.1, -0.05) is 0 Å². The van der Waals surface area contributed by atoms with E-state index in [0.29, 0.717) is 6.07 Å². The normalized spacial score (nSPS) is 16.9. The van der Waals surface area contributed by atoms with Crippen molar-refractivity contribution in [3.63, 3.8) is 0 Å². The maximum Gasteiger partial charge on any atom is 0.290 e. The first kappa shape index (κ1) is 30.8. The van der Waals surface area contributed by atoms with Gasteiger partial charge in [0.2, 0.25) is 20.9 Å². The van der Waals surface area contributed by atoms with Gasteiger partial charge >= 0.3 is 0 Å². The number of carbonyl (C=O) groups excluding carboxylic acids is 1. The minimum atomic E-state index is -4.06. The molecule has 2 aromatic heterocycles. The van der Waals surface area contributed by atoms with Crippen molar-refractivity contribution in [1.82, 2.24) is 25.1 Å². The van der Waals surface area contributed by atoms with Crippen molar-refractivity contribution >= 4 is 31.7 Å². The number of rotatable bonds is 8. The SMILES string of the molecule is CS(=O)(=O)c1ncc(Br)c([C@H](Cc2cc(F)cc(F)c2)NC(=O)Cn2nc(C(F)F)c3c2C(F)(F)CCC3(F)F)n1. The van der Waals surface area contributed by atoms with Crippen molar-refractivity contribution in [2.75, 3.05) is 6.26 Å². The maximum atomic E-state index is 14.7. The summed E-state index contributed by atoms with van der Waals surface area (Å²) in [5.41, 5.74) is -5.06. The highest BCUT2D eigenvalue weighted by atomic mass is 79.9. The van der Waals surface area contributed by atoms with Crippen LogP contribution in [0.25, 0.3) is 0 Å². The molecule has 1 aliphatic carbocycles. The smallest absolute Gasteiger partial charge is 0.290 e. The van der Waals surface area contributed by atoms with Crippen LogP contribution in [0.1, 0.15) is 53.5 Å². The molecule has 8 nitrogen and oxygen atoms in total. The van der Waals surface area contributed by atoms with Crippen molar-refractivity contribution < 1.29 is 48.3 Å². The predicted molar refractivity (Wildman–Crippen MR) is 128 cm³/mol. The van der Waals surface area contributed by atoms with Crippen LogP contribution in [0.2, 0.25) is 0 Å². The van der Waals surface area contributed by atoms with Crippen molar-refractivity contribution in [1.29, 1.82) is 0 Å². The van der Waals surface area contributed by atoms with Gasteiger partial charge in [0.15, 0.2) is 0 Å². The van der Waals surface area contributed by atoms with Crippen LogP contribution in [0.3, 0.4) is 0 Å². The van der Waals surface area contributed by atoms with Crippen LogP contribution in [-0.2, 0) is 39.4 Å². The first-order valence-corrected chi connectivity index (χ1v) is 14.2. The molecular weight excluding hydrogens is 658 g/mol. The maximum absolute atomic E-state index is 14.7. The first-order valence-electron chi connectivity index (χ1n) is 11.5. The van der Waals surface area contributed by atoms with Gasteiger partial charge in [-0.2, -0.15) is 13.9 Å². The molecule has 0 saturated carbocycles. The zero-order valence-corrected chi connectivity index (χ0v) is 23.0. The Morgan fingerprint density at radius 1 is 1.07 bits per heavy atom. The zero-order chi connectivity index (χ0) is 30.5. The Kier molecular flexibility index (Phi) is 8.20. The summed E-state index contributed by atoms with van der Waals surface area (Å²) in [6, 6.07) is 0.952. The van der Waals surface area contributed by atoms with E-state index in [2.05, 4.69) is 36.3 Å². The molecule has 1 aromatic carbocycles. The van der Waals surface area contributed by atoms with E-state index in [1.165, 1.54) is 0 Å². The molecule has 0 bridgehead atoms. The number of amides is 1. The number of alkyl halides is 6. The second-order valence-corrected chi connectivity index (χ2v) is 12.0. The van der Waals surface area contributed by atoms with Crippen molar-refractivity contribution in [3.8, 4) is 0 Å². The summed E-state index contributed by atoms with van der Waals surface area (Å²) in [5.74, 6) is -11.3. The lowest BCUT2D eigenvalue weighted by molar-refractivity contribution is -0.123. The number of carbonyl (C=O) groups is 1. The topological polar surface area (TPSA) is 107 Å². The Labute approximate surface area is 235 Å². The number of halogens is 9. The molecule has 4 rings (SSSR count). The Bertz CT molecular complexity index is 1600. The van der Waals surface area contributed by atoms with Gasteiger partial charge in [-0.25, -0.2) is 44.7 Å². The van der Waals surface area contributed by atoms with Crippen LogP contribution in [0.15, 0.2) is 34.0 Å². The van der Waals surface area contributed by atoms with Gasteiger partial charge in [0.25, 0.3) is 18.3 Å². The molecule has 1 aliphatic rings. The van der Waals surface area contributed by atoms with Gasteiger partial charge in [0.1, 0.15) is 29.6 Å². The third-order valence-corrected chi connectivity index (χ3v) is 7.52. The third-order valence-electron chi connectivity index (χ3n) is 6.05. The van der Waals surface area contributed by atoms with E-state index in [4.69, 9.17) is 0 Å². The van der Waals surface area contributed by atoms with Gasteiger partial charge < -0.3 is 5.32 Å². The highest BCUT2D eigenvalue weighted by Gasteiger charge is 2.55. The zero-order valence-electron chi connectivity index (χ0n) is 20.6. The molecule has 1 N–H and O–H groups in total. The van der Waals surface area contributed by atoms with E-state index in [1.807, 2.05) is 0 Å². The van der Waals surface area contributed by atoms with Crippen LogP contribution in [-0.4, -0.2) is 40.3 Å². The molecule has 1 amide bonds. The quantitative estimate of drug-likeness (QED) is 0.262. The van der Waals surface area contributed by atoms with Gasteiger partial charge in [-0.15, -0.1) is 0 Å². The monoisotopic (exact) mass is 675 g/mol. The summed E-state index contributed by atoms with van der Waals surface area (Å²) in [5, 5.41) is 4.82. The largest absolute Gasteiger partial charge is 0.346 e. The molecule has 0 unspecified atom stereocenters. The molecule has 0 radical (unpaired) electrons. The average molecular weight is 676 g/mol. The second kappa shape index (κ2) is 10.9. The Morgan fingerprint density at radius 3 is 2.27 bits per heavy atom. The van der Waals surface area contributed by atoms with Crippen LogP contribution < -0.4 is 5.32 Å². The molecule has 222 valence electrons. The lowest BCUT2D eigenvalue weighted by atomic mass is 9.89. The predicted octanol–water partition coefficient (Wildman–Crippen LogP) is 5.13. The molecule has 0 fully saturated rings. The highest BCUT2D eigenvalue weighted by molar-refractivity contribution is 9.10. The van der Waals surface area contributed by atoms with Crippen molar-refractivity contribution in [3.05, 3.63) is 68.7 Å². The first-order chi connectivity index (χ1) is 18.9. The fourth-order valence-electron chi connectivity index (χ4n) is 4.38.